The number of hydrogen-bond acceptors (Lipinski definition) is 6. The maximum Gasteiger partial charge on any atom is 0.253 e. The van der Waals surface area contributed by atoms with Gasteiger partial charge in [0.05, 0.1) is 7.11 Å². The summed E-state index contributed by atoms with van der Waals surface area (Å²) in [6.07, 6.45) is 1.97. The van der Waals surface area contributed by atoms with Crippen LogP contribution < -0.4 is 24.8 Å². The second-order valence-corrected chi connectivity index (χ2v) is 9.20. The van der Waals surface area contributed by atoms with Gasteiger partial charge in [-0.15, -0.1) is 0 Å². The summed E-state index contributed by atoms with van der Waals surface area (Å²) in [6, 6.07) is 11.3. The Bertz CT molecular complexity index is 1110. The Morgan fingerprint density at radius 1 is 1.03 bits per heavy atom. The van der Waals surface area contributed by atoms with Crippen molar-refractivity contribution in [2.24, 2.45) is 5.92 Å². The van der Waals surface area contributed by atoms with Crippen molar-refractivity contribution < 1.29 is 28.6 Å². The molecule has 0 bridgehead atoms. The van der Waals surface area contributed by atoms with Crippen molar-refractivity contribution in [3.05, 3.63) is 53.6 Å². The minimum atomic E-state index is -0.717. The molecule has 3 amide bonds. The number of nitrogens with one attached hydrogen (secondary N) is 2. The minimum absolute atomic E-state index is 0.0165. The smallest absolute Gasteiger partial charge is 0.253 e. The summed E-state index contributed by atoms with van der Waals surface area (Å²) in [7, 11) is 1.57. The van der Waals surface area contributed by atoms with E-state index in [0.29, 0.717) is 54.3 Å². The molecule has 0 aromatic heterocycles. The molecule has 2 aliphatic rings. The predicted octanol–water partition coefficient (Wildman–Crippen LogP) is 2.99. The first kappa shape index (κ1) is 25.3. The Morgan fingerprint density at radius 2 is 1.78 bits per heavy atom. The normalized spacial score (nSPS) is 16.7. The molecule has 2 aromatic rings. The molecule has 2 aliphatic heterocycles. The molecule has 0 unspecified atom stereocenters. The fourth-order valence-corrected chi connectivity index (χ4v) is 4.47. The third-order valence-electron chi connectivity index (χ3n) is 6.82. The number of carbonyl (C=O) groups is 3. The molecule has 0 saturated carbocycles. The summed E-state index contributed by atoms with van der Waals surface area (Å²) in [6.45, 7) is 5.03. The van der Waals surface area contributed by atoms with Gasteiger partial charge in [-0.25, -0.2) is 0 Å². The SMILES string of the molecule is CC[C@H](C)NC(=O)[C@@H](NC(=O)c1ccc2c(c1)OCO2)C1CCN(C(=O)c2cccc(OC)c2)CC1. The summed E-state index contributed by atoms with van der Waals surface area (Å²) in [5.41, 5.74) is 0.959. The molecule has 1 saturated heterocycles. The monoisotopic (exact) mass is 495 g/mol. The van der Waals surface area contributed by atoms with E-state index in [2.05, 4.69) is 10.6 Å². The van der Waals surface area contributed by atoms with Gasteiger partial charge in [0.15, 0.2) is 11.5 Å². The zero-order valence-electron chi connectivity index (χ0n) is 20.9. The third-order valence-corrected chi connectivity index (χ3v) is 6.82. The van der Waals surface area contributed by atoms with Crippen LogP contribution in [0.2, 0.25) is 0 Å². The lowest BCUT2D eigenvalue weighted by Gasteiger charge is -2.36. The second-order valence-electron chi connectivity index (χ2n) is 9.20. The Kier molecular flexibility index (Phi) is 7.97. The van der Waals surface area contributed by atoms with E-state index in [1.165, 1.54) is 0 Å². The van der Waals surface area contributed by atoms with Crippen molar-refractivity contribution in [3.63, 3.8) is 0 Å². The maximum atomic E-state index is 13.2. The van der Waals surface area contributed by atoms with E-state index in [4.69, 9.17) is 14.2 Å². The van der Waals surface area contributed by atoms with Crippen molar-refractivity contribution in [2.75, 3.05) is 27.0 Å². The van der Waals surface area contributed by atoms with E-state index in [0.717, 1.165) is 6.42 Å². The predicted molar refractivity (Wildman–Crippen MR) is 133 cm³/mol. The molecule has 2 atom stereocenters. The number of ether oxygens (including phenoxy) is 3. The van der Waals surface area contributed by atoms with Gasteiger partial charge in [-0.2, -0.15) is 0 Å². The fraction of sp³-hybridized carbons (Fsp3) is 0.444. The first-order valence-electron chi connectivity index (χ1n) is 12.3. The van der Waals surface area contributed by atoms with Crippen LogP contribution >= 0.6 is 0 Å². The van der Waals surface area contributed by atoms with Gasteiger partial charge in [-0.05, 0) is 68.5 Å². The summed E-state index contributed by atoms with van der Waals surface area (Å²) in [4.78, 5) is 41.1. The van der Waals surface area contributed by atoms with Gasteiger partial charge in [0, 0.05) is 30.3 Å². The molecule has 36 heavy (non-hydrogen) atoms. The molecule has 2 N–H and O–H groups in total. The topological polar surface area (TPSA) is 106 Å². The van der Waals surface area contributed by atoms with Crippen molar-refractivity contribution in [2.45, 2.75) is 45.2 Å². The summed E-state index contributed by atoms with van der Waals surface area (Å²) < 4.78 is 15.9. The maximum absolute atomic E-state index is 13.2. The number of likely N-dealkylation sites (tertiary alicyclic amines) is 1. The largest absolute Gasteiger partial charge is 0.497 e. The van der Waals surface area contributed by atoms with Crippen LogP contribution in [-0.4, -0.2) is 61.7 Å². The molecular formula is C27H33N3O6. The third kappa shape index (κ3) is 5.72. The van der Waals surface area contributed by atoms with Crippen molar-refractivity contribution >= 4 is 17.7 Å². The summed E-state index contributed by atoms with van der Waals surface area (Å²) in [5, 5.41) is 5.95. The molecule has 9 nitrogen and oxygen atoms in total. The van der Waals surface area contributed by atoms with Crippen LogP contribution in [0.1, 0.15) is 53.8 Å². The Hall–Kier alpha value is -3.75. The number of carbonyl (C=O) groups excluding carboxylic acids is 3. The Morgan fingerprint density at radius 3 is 2.50 bits per heavy atom. The molecule has 0 radical (unpaired) electrons. The average Bonchev–Trinajstić information content (AvgIpc) is 3.39. The molecule has 1 fully saturated rings. The number of amides is 3. The van der Waals surface area contributed by atoms with Gasteiger partial charge in [-0.1, -0.05) is 13.0 Å². The Labute approximate surface area is 211 Å². The number of rotatable bonds is 8. The van der Waals surface area contributed by atoms with Crippen LogP contribution in [0.25, 0.3) is 0 Å². The van der Waals surface area contributed by atoms with Crippen LogP contribution in [-0.2, 0) is 4.79 Å². The molecule has 9 heteroatoms. The van der Waals surface area contributed by atoms with Crippen LogP contribution in [0.4, 0.5) is 0 Å². The molecule has 0 aliphatic carbocycles. The van der Waals surface area contributed by atoms with Gasteiger partial charge in [-0.3, -0.25) is 14.4 Å². The van der Waals surface area contributed by atoms with E-state index >= 15 is 0 Å². The number of hydrogen-bond donors (Lipinski definition) is 2. The number of nitrogens with zero attached hydrogens (tertiary/aromatic N) is 1. The van der Waals surface area contributed by atoms with Crippen LogP contribution in [0, 0.1) is 5.92 Å². The van der Waals surface area contributed by atoms with Crippen molar-refractivity contribution in [3.8, 4) is 17.2 Å². The highest BCUT2D eigenvalue weighted by Crippen LogP contribution is 2.32. The fourth-order valence-electron chi connectivity index (χ4n) is 4.47. The van der Waals surface area contributed by atoms with Crippen LogP contribution in [0.15, 0.2) is 42.5 Å². The van der Waals surface area contributed by atoms with Crippen LogP contribution in [0.3, 0.4) is 0 Å². The lowest BCUT2D eigenvalue weighted by atomic mass is 9.88. The highest BCUT2D eigenvalue weighted by atomic mass is 16.7. The molecule has 2 aromatic carbocycles. The van der Waals surface area contributed by atoms with Crippen molar-refractivity contribution in [1.29, 1.82) is 0 Å². The molecule has 0 spiro atoms. The van der Waals surface area contributed by atoms with E-state index in [1.54, 1.807) is 54.5 Å². The van der Waals surface area contributed by atoms with Gasteiger partial charge in [0.25, 0.3) is 11.8 Å². The quantitative estimate of drug-likeness (QED) is 0.583. The van der Waals surface area contributed by atoms with E-state index in [9.17, 15) is 14.4 Å². The van der Waals surface area contributed by atoms with Crippen LogP contribution in [0.5, 0.6) is 17.2 Å². The van der Waals surface area contributed by atoms with E-state index in [-0.39, 0.29) is 36.5 Å². The summed E-state index contributed by atoms with van der Waals surface area (Å²) in [5.74, 6) is 0.976. The van der Waals surface area contributed by atoms with E-state index < -0.39 is 6.04 Å². The zero-order valence-corrected chi connectivity index (χ0v) is 20.9. The second kappa shape index (κ2) is 11.3. The highest BCUT2D eigenvalue weighted by Gasteiger charge is 2.35. The molecule has 192 valence electrons. The molecule has 4 rings (SSSR count). The lowest BCUT2D eigenvalue weighted by molar-refractivity contribution is -0.125. The molecule has 2 heterocycles. The number of methoxy groups -OCH3 is 1. The number of piperidine rings is 1. The minimum Gasteiger partial charge on any atom is -0.497 e. The van der Waals surface area contributed by atoms with Crippen molar-refractivity contribution in [1.82, 2.24) is 15.5 Å². The van der Waals surface area contributed by atoms with Gasteiger partial charge in [0.2, 0.25) is 12.7 Å². The summed E-state index contributed by atoms with van der Waals surface area (Å²) >= 11 is 0. The highest BCUT2D eigenvalue weighted by molar-refractivity contribution is 5.98. The molecular weight excluding hydrogens is 462 g/mol. The van der Waals surface area contributed by atoms with E-state index in [1.807, 2.05) is 13.8 Å². The average molecular weight is 496 g/mol. The Balaban J connectivity index is 1.45. The van der Waals surface area contributed by atoms with Gasteiger partial charge >= 0.3 is 0 Å². The lowest BCUT2D eigenvalue weighted by Crippen LogP contribution is -2.55. The standard InChI is InChI=1S/C27H33N3O6/c1-4-17(2)28-26(32)24(29-25(31)19-8-9-22-23(15-19)36-16-35-22)18-10-12-30(13-11-18)27(33)20-6-5-7-21(14-20)34-3/h5-9,14-15,17-18,24H,4,10-13,16H2,1-3H3,(H,28,32)(H,29,31)/t17-,24-/m0/s1. The first-order valence-corrected chi connectivity index (χ1v) is 12.3. The first-order chi connectivity index (χ1) is 17.4. The number of fused-ring (bicyclic) bond motifs is 1. The van der Waals surface area contributed by atoms with Gasteiger partial charge in [0.1, 0.15) is 11.8 Å². The van der Waals surface area contributed by atoms with Gasteiger partial charge < -0.3 is 29.7 Å². The zero-order chi connectivity index (χ0) is 25.7. The number of benzene rings is 2.